The van der Waals surface area contributed by atoms with Crippen LogP contribution in [0.5, 0.6) is 0 Å². The zero-order chi connectivity index (χ0) is 29.0. The largest absolute Gasteiger partial charge is 0.416 e. The number of hydrazine groups is 1. The summed E-state index contributed by atoms with van der Waals surface area (Å²) in [5.41, 5.74) is 3.37. The molecule has 0 saturated carbocycles. The van der Waals surface area contributed by atoms with Crippen molar-refractivity contribution in [2.75, 3.05) is 39.0 Å². The van der Waals surface area contributed by atoms with E-state index in [1.54, 1.807) is 55.2 Å². The van der Waals surface area contributed by atoms with Crippen molar-refractivity contribution in [2.24, 2.45) is 18.0 Å². The van der Waals surface area contributed by atoms with E-state index in [-0.39, 0.29) is 19.6 Å². The smallest absolute Gasteiger partial charge is 0.326 e. The summed E-state index contributed by atoms with van der Waals surface area (Å²) in [6.45, 7) is -0.643. The van der Waals surface area contributed by atoms with Crippen molar-refractivity contribution in [3.8, 4) is 11.1 Å². The highest BCUT2D eigenvalue weighted by molar-refractivity contribution is 5.97. The van der Waals surface area contributed by atoms with Crippen LogP contribution in [-0.2, 0) is 29.2 Å². The minimum atomic E-state index is -4.80. The maximum Gasteiger partial charge on any atom is 0.416 e. The van der Waals surface area contributed by atoms with Crippen LogP contribution in [0.2, 0.25) is 0 Å². The van der Waals surface area contributed by atoms with Gasteiger partial charge in [-0.2, -0.15) is 18.3 Å². The number of aromatic nitrogens is 2. The normalized spacial score (nSPS) is 16.1. The molecule has 0 saturated heterocycles. The van der Waals surface area contributed by atoms with Gasteiger partial charge in [-0.3, -0.25) is 19.3 Å². The number of aryl methyl sites for hydroxylation is 1. The molecule has 1 aliphatic rings. The Labute approximate surface area is 228 Å². The Hall–Kier alpha value is -4.26. The molecule has 1 atom stereocenters. The van der Waals surface area contributed by atoms with Crippen molar-refractivity contribution >= 4 is 23.3 Å². The van der Waals surface area contributed by atoms with Gasteiger partial charge in [-0.25, -0.2) is 9.40 Å². The molecule has 1 aliphatic heterocycles. The lowest BCUT2D eigenvalue weighted by Gasteiger charge is -2.25. The number of benzene rings is 2. The fraction of sp³-hybridized carbons (Fsp3) is 0.333. The van der Waals surface area contributed by atoms with Gasteiger partial charge in [0.15, 0.2) is 0 Å². The zero-order valence-electron chi connectivity index (χ0n) is 22.2. The molecule has 40 heavy (non-hydrogen) atoms. The lowest BCUT2D eigenvalue weighted by molar-refractivity contribution is -0.140. The van der Waals surface area contributed by atoms with Crippen LogP contribution < -0.4 is 10.7 Å². The number of halogens is 4. The molecule has 0 radical (unpaired) electrons. The van der Waals surface area contributed by atoms with Gasteiger partial charge in [0.1, 0.15) is 18.2 Å². The third kappa shape index (κ3) is 7.03. The molecule has 13 heteroatoms. The number of carbonyl (C=O) groups excluding carboxylic acids is 2. The maximum atomic E-state index is 14.6. The topological polar surface area (TPSA) is 94.9 Å². The first-order chi connectivity index (χ1) is 18.9. The van der Waals surface area contributed by atoms with E-state index in [0.29, 0.717) is 11.5 Å². The van der Waals surface area contributed by atoms with E-state index in [2.05, 4.69) is 20.8 Å². The summed E-state index contributed by atoms with van der Waals surface area (Å²) in [5, 5.41) is 8.50. The highest BCUT2D eigenvalue weighted by atomic mass is 19.4. The molecule has 9 nitrogen and oxygen atoms in total. The predicted octanol–water partition coefficient (Wildman–Crippen LogP) is 3.35. The molecule has 2 aromatic carbocycles. The number of amidine groups is 1. The third-order valence-electron chi connectivity index (χ3n) is 6.25. The quantitative estimate of drug-likeness (QED) is 0.342. The Bertz CT molecular complexity index is 1420. The van der Waals surface area contributed by atoms with Gasteiger partial charge >= 0.3 is 6.18 Å². The molecule has 4 rings (SSSR count). The summed E-state index contributed by atoms with van der Waals surface area (Å²) in [4.78, 5) is 32.1. The molecule has 0 aliphatic carbocycles. The van der Waals surface area contributed by atoms with Crippen molar-refractivity contribution in [3.05, 3.63) is 71.8 Å². The number of anilines is 1. The number of aliphatic imine (C=N–C) groups is 1. The van der Waals surface area contributed by atoms with Gasteiger partial charge < -0.3 is 15.6 Å². The first kappa shape index (κ1) is 28.7. The van der Waals surface area contributed by atoms with E-state index in [4.69, 9.17) is 0 Å². The standard InChI is InChI=1S/C27H29F4N7O2/c1-36(2)35-24-15-38(16-25(39)34-20-7-4-6-17(10-20)19-13-33-37(3)14-19)26(40)18(12-32-24)11-21-22(27(29,30)31)8-5-9-23(21)28/h4-10,13-14,18H,11-12,15-16H2,1-3H3,(H,32,35)(H,34,39). The van der Waals surface area contributed by atoms with Crippen LogP contribution in [0.4, 0.5) is 23.2 Å². The maximum absolute atomic E-state index is 14.6. The van der Waals surface area contributed by atoms with Gasteiger partial charge in [-0.05, 0) is 36.2 Å². The van der Waals surface area contributed by atoms with Gasteiger partial charge in [0, 0.05) is 44.2 Å². The summed E-state index contributed by atoms with van der Waals surface area (Å²) in [6.07, 6.45) is -1.80. The number of alkyl halides is 3. The van der Waals surface area contributed by atoms with Crippen molar-refractivity contribution in [3.63, 3.8) is 0 Å². The Morgan fingerprint density at radius 1 is 1.15 bits per heavy atom. The lowest BCUT2D eigenvalue weighted by Crippen LogP contribution is -2.47. The Morgan fingerprint density at radius 2 is 1.90 bits per heavy atom. The third-order valence-corrected chi connectivity index (χ3v) is 6.25. The Kier molecular flexibility index (Phi) is 8.52. The Balaban J connectivity index is 1.55. The Morgan fingerprint density at radius 3 is 2.58 bits per heavy atom. The molecular formula is C27H29F4N7O2. The molecule has 0 bridgehead atoms. The minimum Gasteiger partial charge on any atom is -0.326 e. The van der Waals surface area contributed by atoms with Crippen LogP contribution in [0.3, 0.4) is 0 Å². The number of amides is 2. The average molecular weight is 560 g/mol. The summed E-state index contributed by atoms with van der Waals surface area (Å²) in [6, 6.07) is 9.79. The van der Waals surface area contributed by atoms with Crippen LogP contribution >= 0.6 is 0 Å². The molecule has 0 spiro atoms. The number of nitrogens with one attached hydrogen (secondary N) is 2. The molecule has 212 valence electrons. The molecule has 2 heterocycles. The monoisotopic (exact) mass is 559 g/mol. The van der Waals surface area contributed by atoms with Crippen molar-refractivity contribution < 1.29 is 27.2 Å². The van der Waals surface area contributed by atoms with Crippen molar-refractivity contribution in [2.45, 2.75) is 12.6 Å². The number of rotatable bonds is 7. The van der Waals surface area contributed by atoms with Gasteiger partial charge in [0.25, 0.3) is 0 Å². The number of hydrogen-bond donors (Lipinski definition) is 2. The summed E-state index contributed by atoms with van der Waals surface area (Å²) in [7, 11) is 5.20. The highest BCUT2D eigenvalue weighted by Crippen LogP contribution is 2.34. The van der Waals surface area contributed by atoms with E-state index >= 15 is 0 Å². The van der Waals surface area contributed by atoms with E-state index in [9.17, 15) is 27.2 Å². The first-order valence-corrected chi connectivity index (χ1v) is 12.4. The second-order valence-corrected chi connectivity index (χ2v) is 9.68. The lowest BCUT2D eigenvalue weighted by atomic mass is 9.93. The SMILES string of the molecule is CN(C)NC1=NCC(Cc2c(F)cccc2C(F)(F)F)C(=O)N(CC(=O)Nc2cccc(-c3cnn(C)c3)c2)C1. The summed E-state index contributed by atoms with van der Waals surface area (Å²) >= 11 is 0. The first-order valence-electron chi connectivity index (χ1n) is 12.4. The minimum absolute atomic E-state index is 0.0833. The molecule has 1 aromatic heterocycles. The van der Waals surface area contributed by atoms with Gasteiger partial charge in [0.2, 0.25) is 11.8 Å². The summed E-state index contributed by atoms with van der Waals surface area (Å²) < 4.78 is 57.0. The number of nitrogens with zero attached hydrogens (tertiary/aromatic N) is 5. The molecule has 0 fully saturated rings. The van der Waals surface area contributed by atoms with Gasteiger partial charge in [0.05, 0.1) is 30.8 Å². The van der Waals surface area contributed by atoms with E-state index in [1.807, 2.05) is 12.3 Å². The van der Waals surface area contributed by atoms with Crippen LogP contribution in [0.15, 0.2) is 59.9 Å². The van der Waals surface area contributed by atoms with E-state index < -0.39 is 47.3 Å². The molecular weight excluding hydrogens is 530 g/mol. The fourth-order valence-electron chi connectivity index (χ4n) is 4.48. The van der Waals surface area contributed by atoms with Crippen LogP contribution in [0.1, 0.15) is 11.1 Å². The average Bonchev–Trinajstić information content (AvgIpc) is 3.26. The zero-order valence-corrected chi connectivity index (χ0v) is 22.2. The second-order valence-electron chi connectivity index (χ2n) is 9.68. The molecule has 2 amide bonds. The van der Waals surface area contributed by atoms with Crippen molar-refractivity contribution in [1.82, 2.24) is 25.1 Å². The molecule has 1 unspecified atom stereocenters. The number of hydrogen-bond acceptors (Lipinski definition) is 6. The van der Waals surface area contributed by atoms with Gasteiger partial charge in [-0.15, -0.1) is 0 Å². The van der Waals surface area contributed by atoms with Crippen LogP contribution in [-0.4, -0.2) is 71.1 Å². The summed E-state index contributed by atoms with van der Waals surface area (Å²) in [5.74, 6) is -2.93. The highest BCUT2D eigenvalue weighted by Gasteiger charge is 2.37. The number of carbonyl (C=O) groups is 2. The predicted molar refractivity (Wildman–Crippen MR) is 142 cm³/mol. The second kappa shape index (κ2) is 11.9. The molecule has 2 N–H and O–H groups in total. The van der Waals surface area contributed by atoms with E-state index in [1.165, 1.54) is 4.90 Å². The van der Waals surface area contributed by atoms with Crippen LogP contribution in [0.25, 0.3) is 11.1 Å². The molecule has 3 aromatic rings. The van der Waals surface area contributed by atoms with Gasteiger partial charge in [-0.1, -0.05) is 18.2 Å². The van der Waals surface area contributed by atoms with Crippen LogP contribution in [0, 0.1) is 11.7 Å². The van der Waals surface area contributed by atoms with Crippen molar-refractivity contribution in [1.29, 1.82) is 0 Å². The fourth-order valence-corrected chi connectivity index (χ4v) is 4.48. The van der Waals surface area contributed by atoms with E-state index in [0.717, 1.165) is 29.3 Å².